The van der Waals surface area contributed by atoms with Crippen LogP contribution in [0, 0.1) is 12.3 Å². The molecular weight excluding hydrogens is 218 g/mol. The highest BCUT2D eigenvalue weighted by atomic mass is 16.3. The molecule has 0 spiro atoms. The molecular formula is C13H15NO3. The first-order valence-electron chi connectivity index (χ1n) is 5.34. The fourth-order valence-electron chi connectivity index (χ4n) is 1.53. The molecule has 4 heteroatoms. The van der Waals surface area contributed by atoms with Gasteiger partial charge in [0, 0.05) is 18.2 Å². The predicted molar refractivity (Wildman–Crippen MR) is 64.8 cm³/mol. The van der Waals surface area contributed by atoms with Crippen LogP contribution >= 0.6 is 0 Å². The Morgan fingerprint density at radius 2 is 1.94 bits per heavy atom. The second-order valence-electron chi connectivity index (χ2n) is 3.67. The summed E-state index contributed by atoms with van der Waals surface area (Å²) in [6, 6.07) is 3.78. The van der Waals surface area contributed by atoms with Gasteiger partial charge in [0.1, 0.15) is 11.5 Å². The molecule has 1 aromatic carbocycles. The normalized spacial score (nSPS) is 9.65. The van der Waals surface area contributed by atoms with Gasteiger partial charge in [0.25, 0.3) is 5.91 Å². The fourth-order valence-corrected chi connectivity index (χ4v) is 1.53. The van der Waals surface area contributed by atoms with Crippen molar-refractivity contribution in [3.63, 3.8) is 0 Å². The largest absolute Gasteiger partial charge is 0.508 e. The van der Waals surface area contributed by atoms with Crippen molar-refractivity contribution in [1.29, 1.82) is 0 Å². The van der Waals surface area contributed by atoms with E-state index in [0.717, 1.165) is 6.42 Å². The van der Waals surface area contributed by atoms with Gasteiger partial charge >= 0.3 is 0 Å². The van der Waals surface area contributed by atoms with Crippen LogP contribution in [0.15, 0.2) is 18.2 Å². The molecule has 0 radical (unpaired) electrons. The topological polar surface area (TPSA) is 60.8 Å². The lowest BCUT2D eigenvalue weighted by atomic mass is 10.1. The van der Waals surface area contributed by atoms with E-state index in [1.165, 1.54) is 23.1 Å². The van der Waals surface area contributed by atoms with Crippen LogP contribution in [0.2, 0.25) is 0 Å². The number of hydrogen-bond donors (Lipinski definition) is 2. The molecule has 1 rings (SSSR count). The Kier molecular flexibility index (Phi) is 4.41. The molecule has 0 bridgehead atoms. The Labute approximate surface area is 100 Å². The van der Waals surface area contributed by atoms with Crippen molar-refractivity contribution < 1.29 is 15.0 Å². The van der Waals surface area contributed by atoms with Crippen LogP contribution in [0.25, 0.3) is 0 Å². The molecule has 0 heterocycles. The Morgan fingerprint density at radius 1 is 1.35 bits per heavy atom. The van der Waals surface area contributed by atoms with Crippen LogP contribution in [-0.2, 0) is 0 Å². The first-order chi connectivity index (χ1) is 8.08. The van der Waals surface area contributed by atoms with Crippen LogP contribution in [0.1, 0.15) is 23.7 Å². The predicted octanol–water partition coefficient (Wildman–Crippen LogP) is 1.58. The zero-order valence-electron chi connectivity index (χ0n) is 9.68. The number of carbonyl (C=O) groups excluding carboxylic acids is 1. The minimum Gasteiger partial charge on any atom is -0.508 e. The number of terminal acetylenes is 1. The molecule has 0 aliphatic heterocycles. The van der Waals surface area contributed by atoms with Crippen molar-refractivity contribution in [2.45, 2.75) is 13.3 Å². The molecule has 0 aliphatic carbocycles. The number of nitrogens with zero attached hydrogens (tertiary/aromatic N) is 1. The molecule has 90 valence electrons. The van der Waals surface area contributed by atoms with E-state index in [9.17, 15) is 15.0 Å². The minimum absolute atomic E-state index is 0.148. The molecule has 1 amide bonds. The second kappa shape index (κ2) is 5.80. The van der Waals surface area contributed by atoms with Crippen molar-refractivity contribution in [3.8, 4) is 23.8 Å². The van der Waals surface area contributed by atoms with Crippen molar-refractivity contribution in [2.24, 2.45) is 0 Å². The maximum absolute atomic E-state index is 12.0. The smallest absolute Gasteiger partial charge is 0.254 e. The zero-order valence-corrected chi connectivity index (χ0v) is 9.68. The number of rotatable bonds is 4. The third kappa shape index (κ3) is 3.42. The number of aromatic hydroxyl groups is 2. The summed E-state index contributed by atoms with van der Waals surface area (Å²) in [5.74, 6) is 1.82. The third-order valence-electron chi connectivity index (χ3n) is 2.21. The van der Waals surface area contributed by atoms with Gasteiger partial charge in [-0.1, -0.05) is 12.8 Å². The van der Waals surface area contributed by atoms with E-state index in [-0.39, 0.29) is 29.5 Å². The van der Waals surface area contributed by atoms with E-state index in [4.69, 9.17) is 6.42 Å². The van der Waals surface area contributed by atoms with E-state index in [1.54, 1.807) is 0 Å². The summed E-state index contributed by atoms with van der Waals surface area (Å²) in [4.78, 5) is 13.5. The lowest BCUT2D eigenvalue weighted by molar-refractivity contribution is 0.0776. The molecule has 0 aromatic heterocycles. The molecule has 0 saturated carbocycles. The maximum Gasteiger partial charge on any atom is 0.254 e. The average Bonchev–Trinajstić information content (AvgIpc) is 2.26. The Hall–Kier alpha value is -2.15. The zero-order chi connectivity index (χ0) is 12.8. The van der Waals surface area contributed by atoms with Crippen molar-refractivity contribution in [2.75, 3.05) is 13.1 Å². The van der Waals surface area contributed by atoms with Crippen LogP contribution in [-0.4, -0.2) is 34.1 Å². The Morgan fingerprint density at radius 3 is 2.41 bits per heavy atom. The fraction of sp³-hybridized carbons (Fsp3) is 0.308. The van der Waals surface area contributed by atoms with E-state index >= 15 is 0 Å². The van der Waals surface area contributed by atoms with Crippen LogP contribution in [0.3, 0.4) is 0 Å². The van der Waals surface area contributed by atoms with Gasteiger partial charge in [0.05, 0.1) is 6.54 Å². The maximum atomic E-state index is 12.0. The summed E-state index contributed by atoms with van der Waals surface area (Å²) in [6.07, 6.45) is 5.98. The highest BCUT2D eigenvalue weighted by Gasteiger charge is 2.15. The van der Waals surface area contributed by atoms with Gasteiger partial charge in [0.2, 0.25) is 0 Å². The molecule has 17 heavy (non-hydrogen) atoms. The summed E-state index contributed by atoms with van der Waals surface area (Å²) in [5.41, 5.74) is 0.228. The SMILES string of the molecule is C#CCN(CCC)C(=O)c1cc(O)cc(O)c1. The van der Waals surface area contributed by atoms with Gasteiger partial charge < -0.3 is 15.1 Å². The second-order valence-corrected chi connectivity index (χ2v) is 3.67. The number of amides is 1. The average molecular weight is 233 g/mol. The number of benzene rings is 1. The third-order valence-corrected chi connectivity index (χ3v) is 2.21. The van der Waals surface area contributed by atoms with E-state index in [1.807, 2.05) is 6.92 Å². The lowest BCUT2D eigenvalue weighted by Gasteiger charge is -2.19. The van der Waals surface area contributed by atoms with E-state index < -0.39 is 0 Å². The van der Waals surface area contributed by atoms with Gasteiger partial charge in [-0.25, -0.2) is 0 Å². The molecule has 1 aromatic rings. The van der Waals surface area contributed by atoms with Gasteiger partial charge in [-0.3, -0.25) is 4.79 Å². The van der Waals surface area contributed by atoms with Gasteiger partial charge in [-0.2, -0.15) is 0 Å². The summed E-state index contributed by atoms with van der Waals surface area (Å²) < 4.78 is 0. The van der Waals surface area contributed by atoms with Gasteiger partial charge in [-0.05, 0) is 18.6 Å². The molecule has 0 unspecified atom stereocenters. The molecule has 0 atom stereocenters. The van der Waals surface area contributed by atoms with Crippen LogP contribution < -0.4 is 0 Å². The highest BCUT2D eigenvalue weighted by Crippen LogP contribution is 2.21. The summed E-state index contributed by atoms with van der Waals surface area (Å²) >= 11 is 0. The number of phenols is 2. The van der Waals surface area contributed by atoms with Crippen molar-refractivity contribution >= 4 is 5.91 Å². The van der Waals surface area contributed by atoms with E-state index in [0.29, 0.717) is 6.54 Å². The first-order valence-corrected chi connectivity index (χ1v) is 5.34. The molecule has 0 fully saturated rings. The summed E-state index contributed by atoms with van der Waals surface area (Å²) in [5, 5.41) is 18.6. The molecule has 2 N–H and O–H groups in total. The van der Waals surface area contributed by atoms with Crippen molar-refractivity contribution in [1.82, 2.24) is 4.90 Å². The Bertz CT molecular complexity index is 428. The minimum atomic E-state index is -0.295. The summed E-state index contributed by atoms with van der Waals surface area (Å²) in [7, 11) is 0. The molecule has 0 aliphatic rings. The quantitative estimate of drug-likeness (QED) is 0.776. The van der Waals surface area contributed by atoms with Crippen LogP contribution in [0.5, 0.6) is 11.5 Å². The number of phenolic OH excluding ortho intramolecular Hbond substituents is 2. The van der Waals surface area contributed by atoms with Crippen molar-refractivity contribution in [3.05, 3.63) is 23.8 Å². The standard InChI is InChI=1S/C13H15NO3/c1-3-5-14(6-4-2)13(17)10-7-11(15)9-12(16)8-10/h1,7-9,15-16H,4-6H2,2H3. The highest BCUT2D eigenvalue weighted by molar-refractivity contribution is 5.95. The number of carbonyl (C=O) groups is 1. The van der Waals surface area contributed by atoms with E-state index in [2.05, 4.69) is 5.92 Å². The first kappa shape index (κ1) is 12.9. The van der Waals surface area contributed by atoms with Gasteiger partial charge in [-0.15, -0.1) is 6.42 Å². The number of hydrogen-bond acceptors (Lipinski definition) is 3. The lowest BCUT2D eigenvalue weighted by Crippen LogP contribution is -2.32. The Balaban J connectivity index is 2.96. The molecule has 0 saturated heterocycles. The van der Waals surface area contributed by atoms with Crippen LogP contribution in [0.4, 0.5) is 0 Å². The summed E-state index contributed by atoms with van der Waals surface area (Å²) in [6.45, 7) is 2.69. The molecule has 4 nitrogen and oxygen atoms in total. The monoisotopic (exact) mass is 233 g/mol. The van der Waals surface area contributed by atoms with Gasteiger partial charge in [0.15, 0.2) is 0 Å².